The minimum absolute atomic E-state index is 0.497. The maximum atomic E-state index is 3.79. The van der Waals surface area contributed by atoms with Gasteiger partial charge in [-0.05, 0) is 87.6 Å². The Kier molecular flexibility index (Phi) is 4.45. The number of halogens is 1. The number of likely N-dealkylation sites (tertiary alicyclic amines) is 1. The molecule has 0 saturated carbocycles. The van der Waals surface area contributed by atoms with E-state index in [2.05, 4.69) is 82.7 Å². The van der Waals surface area contributed by atoms with E-state index in [9.17, 15) is 0 Å². The van der Waals surface area contributed by atoms with Gasteiger partial charge in [0.05, 0.1) is 5.52 Å². The monoisotopic (exact) mass is 397 g/mol. The fourth-order valence-corrected chi connectivity index (χ4v) is 3.78. The quantitative estimate of drug-likeness (QED) is 0.778. The van der Waals surface area contributed by atoms with E-state index in [1.54, 1.807) is 0 Å². The molecule has 0 aliphatic carbocycles. The highest BCUT2D eigenvalue weighted by atomic mass is 127. The van der Waals surface area contributed by atoms with Crippen LogP contribution in [0.3, 0.4) is 0 Å². The van der Waals surface area contributed by atoms with Crippen LogP contribution in [0.4, 0.5) is 5.69 Å². The summed E-state index contributed by atoms with van der Waals surface area (Å²) in [4.78, 5) is 2.41. The molecule has 0 radical (unpaired) electrons. The van der Waals surface area contributed by atoms with Gasteiger partial charge < -0.3 is 14.8 Å². The van der Waals surface area contributed by atoms with Crippen molar-refractivity contribution in [2.24, 2.45) is 0 Å². The molecular formula is C17H24IN3. The Bertz CT molecular complexity index is 624. The highest BCUT2D eigenvalue weighted by Gasteiger charge is 2.18. The summed E-state index contributed by atoms with van der Waals surface area (Å²) in [5.41, 5.74) is 2.64. The van der Waals surface area contributed by atoms with Crippen LogP contribution in [0.15, 0.2) is 24.4 Å². The van der Waals surface area contributed by atoms with Crippen molar-refractivity contribution in [1.29, 1.82) is 0 Å². The predicted molar refractivity (Wildman–Crippen MR) is 99.2 cm³/mol. The minimum Gasteiger partial charge on any atom is -0.382 e. The van der Waals surface area contributed by atoms with E-state index >= 15 is 0 Å². The maximum Gasteiger partial charge on any atom is 0.0514 e. The van der Waals surface area contributed by atoms with Gasteiger partial charge in [0.15, 0.2) is 0 Å². The number of nitrogens with one attached hydrogen (secondary N) is 1. The van der Waals surface area contributed by atoms with Gasteiger partial charge in [-0.15, -0.1) is 0 Å². The molecule has 1 saturated heterocycles. The average molecular weight is 397 g/mol. The average Bonchev–Trinajstić information content (AvgIpc) is 2.85. The zero-order valence-corrected chi connectivity index (χ0v) is 15.2. The third kappa shape index (κ3) is 3.21. The highest BCUT2D eigenvalue weighted by molar-refractivity contribution is 14.1. The van der Waals surface area contributed by atoms with E-state index < -0.39 is 0 Å². The van der Waals surface area contributed by atoms with Crippen molar-refractivity contribution in [3.05, 3.63) is 28.0 Å². The number of piperidine rings is 1. The molecule has 114 valence electrons. The van der Waals surface area contributed by atoms with Gasteiger partial charge in [-0.1, -0.05) is 0 Å². The first kappa shape index (κ1) is 15.2. The molecule has 21 heavy (non-hydrogen) atoms. The van der Waals surface area contributed by atoms with Gasteiger partial charge in [0.2, 0.25) is 0 Å². The molecule has 0 spiro atoms. The summed E-state index contributed by atoms with van der Waals surface area (Å²) in [5.74, 6) is 0. The van der Waals surface area contributed by atoms with Crippen LogP contribution in [-0.2, 0) is 0 Å². The number of hydrogen-bond donors (Lipinski definition) is 1. The molecular weight excluding hydrogens is 373 g/mol. The molecule has 1 aromatic heterocycles. The molecule has 0 bridgehead atoms. The maximum absolute atomic E-state index is 3.79. The first-order valence-electron chi connectivity index (χ1n) is 7.80. The second-order valence-electron chi connectivity index (χ2n) is 6.42. The van der Waals surface area contributed by atoms with Gasteiger partial charge >= 0.3 is 0 Å². The van der Waals surface area contributed by atoms with Gasteiger partial charge in [-0.2, -0.15) is 0 Å². The zero-order chi connectivity index (χ0) is 15.0. The predicted octanol–water partition coefficient (Wildman–Crippen LogP) is 4.33. The normalized spacial score (nSPS) is 17.8. The SMILES string of the molecule is CC(C)n1ccc2c(NC3CCN(C)CC3)cc(I)cc21. The fourth-order valence-electron chi connectivity index (χ4n) is 3.17. The first-order chi connectivity index (χ1) is 10.0. The largest absolute Gasteiger partial charge is 0.382 e. The Morgan fingerprint density at radius 1 is 1.24 bits per heavy atom. The van der Waals surface area contributed by atoms with Gasteiger partial charge in [0.1, 0.15) is 0 Å². The summed E-state index contributed by atoms with van der Waals surface area (Å²) in [7, 11) is 2.21. The van der Waals surface area contributed by atoms with E-state index in [0.29, 0.717) is 12.1 Å². The van der Waals surface area contributed by atoms with Gasteiger partial charge in [-0.25, -0.2) is 0 Å². The Labute approximate surface area is 140 Å². The second-order valence-corrected chi connectivity index (χ2v) is 7.67. The Morgan fingerprint density at radius 3 is 2.62 bits per heavy atom. The van der Waals surface area contributed by atoms with Crippen LogP contribution in [-0.4, -0.2) is 35.6 Å². The van der Waals surface area contributed by atoms with Crippen molar-refractivity contribution < 1.29 is 0 Å². The summed E-state index contributed by atoms with van der Waals surface area (Å²) < 4.78 is 3.66. The van der Waals surface area contributed by atoms with E-state index in [1.165, 1.54) is 46.1 Å². The number of hydrogen-bond acceptors (Lipinski definition) is 2. The minimum atomic E-state index is 0.497. The topological polar surface area (TPSA) is 20.2 Å². The van der Waals surface area contributed by atoms with Crippen molar-refractivity contribution in [2.75, 3.05) is 25.5 Å². The lowest BCUT2D eigenvalue weighted by Gasteiger charge is -2.30. The van der Waals surface area contributed by atoms with Crippen molar-refractivity contribution in [3.63, 3.8) is 0 Å². The van der Waals surface area contributed by atoms with Crippen molar-refractivity contribution in [3.8, 4) is 0 Å². The van der Waals surface area contributed by atoms with Gasteiger partial charge in [0.25, 0.3) is 0 Å². The number of fused-ring (bicyclic) bond motifs is 1. The van der Waals surface area contributed by atoms with E-state index in [1.807, 2.05) is 0 Å². The molecule has 4 heteroatoms. The second kappa shape index (κ2) is 6.16. The zero-order valence-electron chi connectivity index (χ0n) is 13.1. The fraction of sp³-hybridized carbons (Fsp3) is 0.529. The lowest BCUT2D eigenvalue weighted by molar-refractivity contribution is 0.264. The molecule has 1 aliphatic rings. The third-order valence-corrected chi connectivity index (χ3v) is 5.06. The highest BCUT2D eigenvalue weighted by Crippen LogP contribution is 2.30. The molecule has 1 fully saturated rings. The molecule has 0 unspecified atom stereocenters. The summed E-state index contributed by atoms with van der Waals surface area (Å²) in [6.45, 7) is 6.86. The van der Waals surface area contributed by atoms with Crippen LogP contribution < -0.4 is 5.32 Å². The molecule has 2 aromatic rings. The summed E-state index contributed by atoms with van der Waals surface area (Å²) in [6, 6.07) is 7.92. The Balaban J connectivity index is 1.91. The molecule has 1 N–H and O–H groups in total. The number of nitrogens with zero attached hydrogens (tertiary/aromatic N) is 2. The number of rotatable bonds is 3. The molecule has 1 aromatic carbocycles. The smallest absolute Gasteiger partial charge is 0.0514 e. The van der Waals surface area contributed by atoms with Gasteiger partial charge in [0, 0.05) is 32.9 Å². The van der Waals surface area contributed by atoms with E-state index in [-0.39, 0.29) is 0 Å². The lowest BCUT2D eigenvalue weighted by atomic mass is 10.0. The van der Waals surface area contributed by atoms with Crippen LogP contribution in [0.5, 0.6) is 0 Å². The van der Waals surface area contributed by atoms with Crippen molar-refractivity contribution >= 4 is 39.2 Å². The molecule has 0 amide bonds. The first-order valence-corrected chi connectivity index (χ1v) is 8.87. The third-order valence-electron chi connectivity index (χ3n) is 4.44. The lowest BCUT2D eigenvalue weighted by Crippen LogP contribution is -2.36. The molecule has 3 nitrogen and oxygen atoms in total. The molecule has 1 aliphatic heterocycles. The number of benzene rings is 1. The Hall–Kier alpha value is -0.750. The van der Waals surface area contributed by atoms with Crippen LogP contribution in [0, 0.1) is 3.57 Å². The Morgan fingerprint density at radius 2 is 1.95 bits per heavy atom. The summed E-state index contributed by atoms with van der Waals surface area (Å²) in [5, 5.41) is 5.14. The van der Waals surface area contributed by atoms with Gasteiger partial charge in [-0.3, -0.25) is 0 Å². The standard InChI is InChI=1S/C17H24IN3/c1-12(2)21-9-6-15-16(10-13(18)11-17(15)21)19-14-4-7-20(3)8-5-14/h6,9-12,14,19H,4-5,7-8H2,1-3H3. The molecule has 3 rings (SSSR count). The van der Waals surface area contributed by atoms with Crippen molar-refractivity contribution in [2.45, 2.75) is 38.8 Å². The van der Waals surface area contributed by atoms with Crippen LogP contribution in [0.2, 0.25) is 0 Å². The number of anilines is 1. The van der Waals surface area contributed by atoms with Crippen LogP contribution in [0.25, 0.3) is 10.9 Å². The van der Waals surface area contributed by atoms with Crippen LogP contribution >= 0.6 is 22.6 Å². The molecule has 0 atom stereocenters. The molecule has 2 heterocycles. The van der Waals surface area contributed by atoms with Crippen molar-refractivity contribution in [1.82, 2.24) is 9.47 Å². The van der Waals surface area contributed by atoms with E-state index in [4.69, 9.17) is 0 Å². The summed E-state index contributed by atoms with van der Waals surface area (Å²) >= 11 is 2.43. The number of aromatic nitrogens is 1. The van der Waals surface area contributed by atoms with Crippen LogP contribution in [0.1, 0.15) is 32.7 Å². The summed E-state index contributed by atoms with van der Waals surface area (Å²) in [6.07, 6.45) is 4.67. The van der Waals surface area contributed by atoms with E-state index in [0.717, 1.165) is 0 Å².